The third-order valence-electron chi connectivity index (χ3n) is 1.93. The van der Waals surface area contributed by atoms with Crippen molar-refractivity contribution in [1.29, 1.82) is 0 Å². The summed E-state index contributed by atoms with van der Waals surface area (Å²) in [6, 6.07) is 3.70. The number of carbonyl (C=O) groups excluding carboxylic acids is 1. The van der Waals surface area contributed by atoms with Crippen LogP contribution in [0.1, 0.15) is 6.92 Å². The van der Waals surface area contributed by atoms with Crippen LogP contribution in [0.25, 0.3) is 0 Å². The molecule has 0 radical (unpaired) electrons. The quantitative estimate of drug-likeness (QED) is 0.524. The Labute approximate surface area is 113 Å². The highest BCUT2D eigenvalue weighted by atomic mass is 35.5. The van der Waals surface area contributed by atoms with Gasteiger partial charge >= 0.3 is 6.09 Å². The lowest BCUT2D eigenvalue weighted by molar-refractivity contribution is -0.384. The number of halogens is 2. The number of hydrogen-bond donors (Lipinski definition) is 1. The number of carbonyl (C=O) groups is 1. The first kappa shape index (κ1) is 14.5. The van der Waals surface area contributed by atoms with E-state index in [1.54, 1.807) is 6.92 Å². The molecular formula is C10H10Cl2N2O4. The molecule has 0 spiro atoms. The van der Waals surface area contributed by atoms with E-state index in [9.17, 15) is 14.9 Å². The molecule has 0 aliphatic rings. The Balaban J connectivity index is 2.74. The number of ether oxygens (including phenoxy) is 1. The van der Waals surface area contributed by atoms with Gasteiger partial charge in [-0.05, 0) is 13.0 Å². The van der Waals surface area contributed by atoms with Crippen molar-refractivity contribution in [2.75, 3.05) is 11.2 Å². The van der Waals surface area contributed by atoms with Gasteiger partial charge in [0.05, 0.1) is 21.5 Å². The van der Waals surface area contributed by atoms with Crippen LogP contribution in [0.4, 0.5) is 16.2 Å². The molecule has 0 saturated carbocycles. The van der Waals surface area contributed by atoms with Gasteiger partial charge in [0.1, 0.15) is 6.10 Å². The maximum Gasteiger partial charge on any atom is 0.411 e. The van der Waals surface area contributed by atoms with Crippen LogP contribution < -0.4 is 5.32 Å². The number of rotatable bonds is 4. The Kier molecular flexibility index (Phi) is 5.18. The predicted molar refractivity (Wildman–Crippen MR) is 68.4 cm³/mol. The Morgan fingerprint density at radius 1 is 1.61 bits per heavy atom. The maximum atomic E-state index is 11.4. The molecule has 1 atom stereocenters. The van der Waals surface area contributed by atoms with E-state index in [0.717, 1.165) is 6.07 Å². The monoisotopic (exact) mass is 292 g/mol. The van der Waals surface area contributed by atoms with Crippen molar-refractivity contribution >= 4 is 40.7 Å². The van der Waals surface area contributed by atoms with Gasteiger partial charge in [-0.15, -0.1) is 11.6 Å². The summed E-state index contributed by atoms with van der Waals surface area (Å²) in [4.78, 5) is 21.3. The van der Waals surface area contributed by atoms with Crippen LogP contribution in [0.3, 0.4) is 0 Å². The Morgan fingerprint density at radius 2 is 2.28 bits per heavy atom. The molecule has 8 heteroatoms. The Hall–Kier alpha value is -1.53. The molecule has 1 aromatic rings. The largest absolute Gasteiger partial charge is 0.445 e. The molecule has 1 unspecified atom stereocenters. The molecule has 0 aromatic heterocycles. The van der Waals surface area contributed by atoms with Gasteiger partial charge in [-0.25, -0.2) is 4.79 Å². The van der Waals surface area contributed by atoms with Gasteiger partial charge in [-0.2, -0.15) is 0 Å². The summed E-state index contributed by atoms with van der Waals surface area (Å²) in [6.07, 6.45) is -1.16. The fraction of sp³-hybridized carbons (Fsp3) is 0.300. The van der Waals surface area contributed by atoms with E-state index >= 15 is 0 Å². The lowest BCUT2D eigenvalue weighted by Gasteiger charge is -2.11. The summed E-state index contributed by atoms with van der Waals surface area (Å²) in [5.74, 6) is 0.168. The van der Waals surface area contributed by atoms with Gasteiger partial charge in [0.15, 0.2) is 0 Å². The molecule has 1 rings (SSSR count). The van der Waals surface area contributed by atoms with Crippen LogP contribution in [0.15, 0.2) is 18.2 Å². The molecule has 0 aliphatic carbocycles. The zero-order chi connectivity index (χ0) is 13.7. The molecular weight excluding hydrogens is 283 g/mol. The average Bonchev–Trinajstić information content (AvgIpc) is 2.31. The maximum absolute atomic E-state index is 11.4. The summed E-state index contributed by atoms with van der Waals surface area (Å²) >= 11 is 11.3. The molecule has 0 bridgehead atoms. The second-order valence-corrected chi connectivity index (χ2v) is 4.13. The fourth-order valence-electron chi connectivity index (χ4n) is 1.07. The SMILES string of the molecule is CC(CCl)OC(=O)Nc1ccc([N+](=O)[O-])cc1Cl. The van der Waals surface area contributed by atoms with Crippen molar-refractivity contribution in [1.82, 2.24) is 0 Å². The van der Waals surface area contributed by atoms with Crippen molar-refractivity contribution in [2.24, 2.45) is 0 Å². The number of hydrogen-bond acceptors (Lipinski definition) is 4. The van der Waals surface area contributed by atoms with E-state index in [1.807, 2.05) is 0 Å². The zero-order valence-corrected chi connectivity index (χ0v) is 10.9. The molecule has 0 aliphatic heterocycles. The van der Waals surface area contributed by atoms with Gasteiger partial charge < -0.3 is 4.74 Å². The van der Waals surface area contributed by atoms with Crippen LogP contribution in [0.2, 0.25) is 5.02 Å². The van der Waals surface area contributed by atoms with Crippen LogP contribution in [0, 0.1) is 10.1 Å². The first-order chi connectivity index (χ1) is 8.43. The third-order valence-corrected chi connectivity index (χ3v) is 2.67. The number of nitro benzene ring substituents is 1. The number of nitrogens with one attached hydrogen (secondary N) is 1. The Bertz CT molecular complexity index is 467. The minimum atomic E-state index is -0.723. The highest BCUT2D eigenvalue weighted by molar-refractivity contribution is 6.33. The van der Waals surface area contributed by atoms with E-state index in [1.165, 1.54) is 12.1 Å². The van der Waals surface area contributed by atoms with E-state index in [0.29, 0.717) is 0 Å². The van der Waals surface area contributed by atoms with Crippen molar-refractivity contribution in [3.8, 4) is 0 Å². The topological polar surface area (TPSA) is 81.5 Å². The van der Waals surface area contributed by atoms with E-state index in [4.69, 9.17) is 27.9 Å². The smallest absolute Gasteiger partial charge is 0.411 e. The first-order valence-corrected chi connectivity index (χ1v) is 5.83. The molecule has 1 amide bonds. The lowest BCUT2D eigenvalue weighted by Crippen LogP contribution is -2.21. The number of amides is 1. The molecule has 1 N–H and O–H groups in total. The minimum absolute atomic E-state index is 0.0553. The van der Waals surface area contributed by atoms with Crippen LogP contribution >= 0.6 is 23.2 Å². The highest BCUT2D eigenvalue weighted by Crippen LogP contribution is 2.26. The van der Waals surface area contributed by atoms with Gasteiger partial charge in [-0.1, -0.05) is 11.6 Å². The molecule has 6 nitrogen and oxygen atoms in total. The number of non-ortho nitro benzene ring substituents is 1. The number of benzene rings is 1. The van der Waals surface area contributed by atoms with Crippen molar-refractivity contribution in [2.45, 2.75) is 13.0 Å². The number of alkyl halides is 1. The molecule has 0 heterocycles. The molecule has 1 aromatic carbocycles. The van der Waals surface area contributed by atoms with Crippen molar-refractivity contribution < 1.29 is 14.5 Å². The zero-order valence-electron chi connectivity index (χ0n) is 9.35. The minimum Gasteiger partial charge on any atom is -0.445 e. The van der Waals surface area contributed by atoms with Gasteiger partial charge in [-0.3, -0.25) is 15.4 Å². The summed E-state index contributed by atoms with van der Waals surface area (Å²) in [6.45, 7) is 1.63. The van der Waals surface area contributed by atoms with Crippen LogP contribution in [0.5, 0.6) is 0 Å². The third kappa shape index (κ3) is 4.05. The molecule has 0 fully saturated rings. The van der Waals surface area contributed by atoms with E-state index in [2.05, 4.69) is 5.32 Å². The van der Waals surface area contributed by atoms with Gasteiger partial charge in [0, 0.05) is 12.1 Å². The average molecular weight is 293 g/mol. The predicted octanol–water partition coefficient (Wildman–Crippen LogP) is 3.42. The van der Waals surface area contributed by atoms with Gasteiger partial charge in [0.25, 0.3) is 5.69 Å². The van der Waals surface area contributed by atoms with E-state index in [-0.39, 0.29) is 22.3 Å². The molecule has 0 saturated heterocycles. The lowest BCUT2D eigenvalue weighted by atomic mass is 10.3. The summed E-state index contributed by atoms with van der Waals surface area (Å²) in [5, 5.41) is 12.9. The van der Waals surface area contributed by atoms with Gasteiger partial charge in [0.2, 0.25) is 0 Å². The molecule has 18 heavy (non-hydrogen) atoms. The van der Waals surface area contributed by atoms with Crippen LogP contribution in [-0.2, 0) is 4.74 Å². The second kappa shape index (κ2) is 6.42. The molecule has 98 valence electrons. The number of anilines is 1. The Morgan fingerprint density at radius 3 is 2.78 bits per heavy atom. The summed E-state index contributed by atoms with van der Waals surface area (Å²) in [5.41, 5.74) is 0.0714. The number of nitrogens with zero attached hydrogens (tertiary/aromatic N) is 1. The highest BCUT2D eigenvalue weighted by Gasteiger charge is 2.13. The normalized spacial score (nSPS) is 11.7. The van der Waals surface area contributed by atoms with Crippen molar-refractivity contribution in [3.05, 3.63) is 33.3 Å². The van der Waals surface area contributed by atoms with E-state index < -0.39 is 17.1 Å². The second-order valence-electron chi connectivity index (χ2n) is 3.42. The van der Waals surface area contributed by atoms with Crippen LogP contribution in [-0.4, -0.2) is 23.0 Å². The first-order valence-electron chi connectivity index (χ1n) is 4.91. The van der Waals surface area contributed by atoms with Crippen molar-refractivity contribution in [3.63, 3.8) is 0 Å². The summed E-state index contributed by atoms with van der Waals surface area (Å²) < 4.78 is 4.86. The fourth-order valence-corrected chi connectivity index (χ4v) is 1.36. The summed E-state index contributed by atoms with van der Waals surface area (Å²) in [7, 11) is 0. The number of nitro groups is 1. The standard InChI is InChI=1S/C10H10Cl2N2O4/c1-6(5-11)18-10(15)13-9-3-2-7(14(16)17)4-8(9)12/h2-4,6H,5H2,1H3,(H,13,15).